The molecular formula is C11H19ClO2. The minimum Gasteiger partial charge on any atom is -0.386 e. The molecule has 2 fully saturated rings. The van der Waals surface area contributed by atoms with Crippen LogP contribution in [0.2, 0.25) is 0 Å². The molecule has 2 unspecified atom stereocenters. The van der Waals surface area contributed by atoms with Crippen LogP contribution in [-0.2, 0) is 4.74 Å². The average molecular weight is 219 g/mol. The summed E-state index contributed by atoms with van der Waals surface area (Å²) in [6, 6.07) is 0. The molecule has 2 nitrogen and oxygen atoms in total. The first-order valence-electron chi connectivity index (χ1n) is 5.27. The lowest BCUT2D eigenvalue weighted by Gasteiger charge is -2.35. The number of methoxy groups -OCH3 is 1. The summed E-state index contributed by atoms with van der Waals surface area (Å²) in [5.41, 5.74) is -0.420. The molecule has 0 aliphatic heterocycles. The second-order valence-corrected chi connectivity index (χ2v) is 6.01. The van der Waals surface area contributed by atoms with E-state index in [1.807, 2.05) is 0 Å². The Balaban J connectivity index is 2.09. The third-order valence-corrected chi connectivity index (χ3v) is 4.88. The van der Waals surface area contributed by atoms with E-state index in [1.165, 1.54) is 0 Å². The highest BCUT2D eigenvalue weighted by atomic mass is 35.5. The standard InChI is InChI=1S/C11H19ClO2/c1-10(2)7-4-9(12)11(13,6-14-3)5-8(7)10/h7-9,13H,4-6H2,1-3H3/t7?,8?,9-,11-/m1/s1. The third-order valence-electron chi connectivity index (χ3n) is 4.30. The molecule has 0 bridgehead atoms. The van der Waals surface area contributed by atoms with Crippen LogP contribution in [0.4, 0.5) is 0 Å². The van der Waals surface area contributed by atoms with Gasteiger partial charge in [-0.1, -0.05) is 13.8 Å². The largest absolute Gasteiger partial charge is 0.386 e. The van der Waals surface area contributed by atoms with E-state index < -0.39 is 5.60 Å². The SMILES string of the molecule is COC[C@]1(O)CC2C(C[C@H]1Cl)C2(C)C. The Labute approximate surface area is 90.6 Å². The third kappa shape index (κ3) is 1.39. The molecule has 0 aromatic rings. The van der Waals surface area contributed by atoms with E-state index in [0.717, 1.165) is 12.8 Å². The van der Waals surface area contributed by atoms with Gasteiger partial charge < -0.3 is 9.84 Å². The Hall–Kier alpha value is 0.210. The van der Waals surface area contributed by atoms with Gasteiger partial charge in [-0.05, 0) is 30.1 Å². The normalized spacial score (nSPS) is 49.9. The van der Waals surface area contributed by atoms with Crippen LogP contribution >= 0.6 is 11.6 Å². The molecule has 2 aliphatic carbocycles. The molecular weight excluding hydrogens is 200 g/mol. The van der Waals surface area contributed by atoms with Crippen molar-refractivity contribution in [1.29, 1.82) is 0 Å². The predicted octanol–water partition coefficient (Wildman–Crippen LogP) is 2.04. The van der Waals surface area contributed by atoms with Crippen LogP contribution in [0, 0.1) is 17.3 Å². The minimum atomic E-state index is -0.800. The summed E-state index contributed by atoms with van der Waals surface area (Å²) >= 11 is 6.22. The summed E-state index contributed by atoms with van der Waals surface area (Å²) < 4.78 is 5.06. The van der Waals surface area contributed by atoms with E-state index in [4.69, 9.17) is 16.3 Å². The van der Waals surface area contributed by atoms with Crippen molar-refractivity contribution in [3.63, 3.8) is 0 Å². The number of alkyl halides is 1. The number of ether oxygens (including phenoxy) is 1. The van der Waals surface area contributed by atoms with Crippen molar-refractivity contribution >= 4 is 11.6 Å². The molecule has 0 amide bonds. The highest BCUT2D eigenvalue weighted by molar-refractivity contribution is 6.21. The minimum absolute atomic E-state index is 0.148. The monoisotopic (exact) mass is 218 g/mol. The van der Waals surface area contributed by atoms with Gasteiger partial charge in [-0.15, -0.1) is 11.6 Å². The first-order chi connectivity index (χ1) is 6.42. The molecule has 1 N–H and O–H groups in total. The van der Waals surface area contributed by atoms with Crippen molar-refractivity contribution < 1.29 is 9.84 Å². The van der Waals surface area contributed by atoms with Gasteiger partial charge >= 0.3 is 0 Å². The van der Waals surface area contributed by atoms with Gasteiger partial charge in [-0.3, -0.25) is 0 Å². The van der Waals surface area contributed by atoms with E-state index in [2.05, 4.69) is 13.8 Å². The van der Waals surface area contributed by atoms with E-state index >= 15 is 0 Å². The summed E-state index contributed by atoms with van der Waals surface area (Å²) in [4.78, 5) is 0. The lowest BCUT2D eigenvalue weighted by Crippen LogP contribution is -2.46. The fourth-order valence-electron chi connectivity index (χ4n) is 3.08. The summed E-state index contributed by atoms with van der Waals surface area (Å²) in [5, 5.41) is 10.2. The van der Waals surface area contributed by atoms with Gasteiger partial charge in [0.2, 0.25) is 0 Å². The molecule has 0 spiro atoms. The number of aliphatic hydroxyl groups is 1. The zero-order chi connectivity index (χ0) is 10.6. The molecule has 0 aromatic carbocycles. The molecule has 2 saturated carbocycles. The van der Waals surface area contributed by atoms with Crippen LogP contribution in [0.3, 0.4) is 0 Å². The van der Waals surface area contributed by atoms with Crippen LogP contribution in [0.5, 0.6) is 0 Å². The first kappa shape index (κ1) is 10.7. The topological polar surface area (TPSA) is 29.5 Å². The molecule has 0 saturated heterocycles. The molecule has 2 rings (SSSR count). The van der Waals surface area contributed by atoms with Gasteiger partial charge in [0, 0.05) is 7.11 Å². The summed E-state index contributed by atoms with van der Waals surface area (Å²) in [5.74, 6) is 1.35. The molecule has 2 aliphatic rings. The van der Waals surface area contributed by atoms with E-state index in [9.17, 15) is 5.11 Å². The maximum atomic E-state index is 10.3. The van der Waals surface area contributed by atoms with Gasteiger partial charge in [-0.25, -0.2) is 0 Å². The van der Waals surface area contributed by atoms with Gasteiger partial charge in [0.25, 0.3) is 0 Å². The van der Waals surface area contributed by atoms with E-state index in [1.54, 1.807) is 7.11 Å². The second-order valence-electron chi connectivity index (χ2n) is 5.48. The second kappa shape index (κ2) is 3.10. The zero-order valence-corrected chi connectivity index (χ0v) is 9.84. The van der Waals surface area contributed by atoms with Gasteiger partial charge in [0.1, 0.15) is 5.60 Å². The summed E-state index contributed by atoms with van der Waals surface area (Å²) in [7, 11) is 1.62. The van der Waals surface area contributed by atoms with Crippen molar-refractivity contribution in [2.45, 2.75) is 37.7 Å². The fourth-order valence-corrected chi connectivity index (χ4v) is 3.43. The Kier molecular flexibility index (Phi) is 2.37. The fraction of sp³-hybridized carbons (Fsp3) is 1.00. The molecule has 0 radical (unpaired) electrons. The number of halogens is 1. The lowest BCUT2D eigenvalue weighted by molar-refractivity contribution is -0.0554. The number of hydrogen-bond acceptors (Lipinski definition) is 2. The van der Waals surface area contributed by atoms with Gasteiger partial charge in [0.15, 0.2) is 0 Å². The predicted molar refractivity (Wildman–Crippen MR) is 56.5 cm³/mol. The summed E-state index contributed by atoms with van der Waals surface area (Å²) in [6.07, 6.45) is 1.73. The summed E-state index contributed by atoms with van der Waals surface area (Å²) in [6.45, 7) is 4.90. The van der Waals surface area contributed by atoms with Crippen LogP contribution < -0.4 is 0 Å². The maximum absolute atomic E-state index is 10.3. The van der Waals surface area contributed by atoms with Crippen LogP contribution in [-0.4, -0.2) is 29.8 Å². The Morgan fingerprint density at radius 3 is 2.64 bits per heavy atom. The van der Waals surface area contributed by atoms with Crippen LogP contribution in [0.15, 0.2) is 0 Å². The molecule has 82 valence electrons. The lowest BCUT2D eigenvalue weighted by atomic mass is 9.85. The molecule has 4 atom stereocenters. The van der Waals surface area contributed by atoms with Crippen molar-refractivity contribution in [2.24, 2.45) is 17.3 Å². The quantitative estimate of drug-likeness (QED) is 0.719. The van der Waals surface area contributed by atoms with Gasteiger partial charge in [0.05, 0.1) is 12.0 Å². The smallest absolute Gasteiger partial charge is 0.104 e. The van der Waals surface area contributed by atoms with Crippen molar-refractivity contribution in [3.8, 4) is 0 Å². The zero-order valence-electron chi connectivity index (χ0n) is 9.09. The average Bonchev–Trinajstić information content (AvgIpc) is 2.56. The maximum Gasteiger partial charge on any atom is 0.104 e. The molecule has 0 heterocycles. The molecule has 0 aromatic heterocycles. The van der Waals surface area contributed by atoms with E-state index in [0.29, 0.717) is 23.9 Å². The molecule has 3 heteroatoms. The first-order valence-corrected chi connectivity index (χ1v) is 5.71. The van der Waals surface area contributed by atoms with Crippen molar-refractivity contribution in [1.82, 2.24) is 0 Å². The molecule has 14 heavy (non-hydrogen) atoms. The number of rotatable bonds is 2. The Bertz CT molecular complexity index is 241. The van der Waals surface area contributed by atoms with Crippen LogP contribution in [0.25, 0.3) is 0 Å². The number of fused-ring (bicyclic) bond motifs is 1. The Morgan fingerprint density at radius 2 is 2.07 bits per heavy atom. The van der Waals surface area contributed by atoms with Crippen molar-refractivity contribution in [3.05, 3.63) is 0 Å². The van der Waals surface area contributed by atoms with Gasteiger partial charge in [-0.2, -0.15) is 0 Å². The van der Waals surface area contributed by atoms with Crippen molar-refractivity contribution in [2.75, 3.05) is 13.7 Å². The Morgan fingerprint density at radius 1 is 1.43 bits per heavy atom. The highest BCUT2D eigenvalue weighted by Crippen LogP contribution is 2.67. The highest BCUT2D eigenvalue weighted by Gasteiger charge is 2.64. The van der Waals surface area contributed by atoms with Crippen LogP contribution in [0.1, 0.15) is 26.7 Å². The number of hydrogen-bond donors (Lipinski definition) is 1. The van der Waals surface area contributed by atoms with E-state index in [-0.39, 0.29) is 5.38 Å².